The zero-order chi connectivity index (χ0) is 10.5. The number of hydrogen-bond donors (Lipinski definition) is 2. The minimum Gasteiger partial charge on any atom is -0.367 e. The summed E-state index contributed by atoms with van der Waals surface area (Å²) in [4.78, 5) is 7.06. The van der Waals surface area contributed by atoms with E-state index < -0.39 is 0 Å². The monoisotopic (exact) mass is 204 g/mol. The van der Waals surface area contributed by atoms with E-state index in [1.165, 1.54) is 5.56 Å². The lowest BCUT2D eigenvalue weighted by Crippen LogP contribution is -2.29. The van der Waals surface area contributed by atoms with Crippen LogP contribution in [0.25, 0.3) is 0 Å². The number of nitrogens with one attached hydrogen (secondary N) is 2. The van der Waals surface area contributed by atoms with Crippen LogP contribution in [-0.4, -0.2) is 20.6 Å². The molecule has 0 fully saturated rings. The molecule has 0 amide bonds. The molecule has 0 aromatic carbocycles. The van der Waals surface area contributed by atoms with Crippen molar-refractivity contribution in [2.24, 2.45) is 0 Å². The lowest BCUT2D eigenvalue weighted by atomic mass is 10.3. The number of rotatable bonds is 5. The van der Waals surface area contributed by atoms with Crippen molar-refractivity contribution in [3.63, 3.8) is 0 Å². The van der Waals surface area contributed by atoms with Crippen molar-refractivity contribution in [3.8, 4) is 0 Å². The van der Waals surface area contributed by atoms with Crippen LogP contribution >= 0.6 is 0 Å². The van der Waals surface area contributed by atoms with Gasteiger partial charge in [0.2, 0.25) is 0 Å². The van der Waals surface area contributed by atoms with Crippen molar-refractivity contribution < 1.29 is 0 Å². The number of imidazole rings is 1. The Balaban J connectivity index is 1.76. The average molecular weight is 204 g/mol. The second-order valence-electron chi connectivity index (χ2n) is 3.76. The molecule has 0 aliphatic carbocycles. The van der Waals surface area contributed by atoms with Crippen LogP contribution in [0.2, 0.25) is 0 Å². The summed E-state index contributed by atoms with van der Waals surface area (Å²) in [6.07, 6.45) is 9.58. The Morgan fingerprint density at radius 1 is 1.60 bits per heavy atom. The topological polar surface area (TPSA) is 45.6 Å². The molecule has 15 heavy (non-hydrogen) atoms. The van der Waals surface area contributed by atoms with E-state index in [2.05, 4.69) is 32.8 Å². The summed E-state index contributed by atoms with van der Waals surface area (Å²) in [6, 6.07) is 2.52. The molecule has 4 nitrogen and oxygen atoms in total. The third-order valence-corrected chi connectivity index (χ3v) is 2.36. The van der Waals surface area contributed by atoms with E-state index in [1.807, 2.05) is 24.9 Å². The van der Waals surface area contributed by atoms with Gasteiger partial charge < -0.3 is 14.9 Å². The van der Waals surface area contributed by atoms with Gasteiger partial charge >= 0.3 is 0 Å². The SMILES string of the molecule is CC(Cn1ccnc1)NCc1cc[nH]c1. The molecule has 0 radical (unpaired) electrons. The van der Waals surface area contributed by atoms with Crippen molar-refractivity contribution in [2.75, 3.05) is 0 Å². The Kier molecular flexibility index (Phi) is 3.19. The van der Waals surface area contributed by atoms with Gasteiger partial charge in [-0.3, -0.25) is 0 Å². The summed E-state index contributed by atoms with van der Waals surface area (Å²) in [5, 5.41) is 3.45. The standard InChI is InChI=1S/C11H16N4/c1-10(8-15-5-4-13-9-15)14-7-11-2-3-12-6-11/h2-6,9-10,12,14H,7-8H2,1H3. The van der Waals surface area contributed by atoms with Gasteiger partial charge in [-0.25, -0.2) is 4.98 Å². The van der Waals surface area contributed by atoms with Gasteiger partial charge in [0.25, 0.3) is 0 Å². The molecule has 0 aliphatic heterocycles. The predicted octanol–water partition coefficient (Wildman–Crippen LogP) is 1.39. The average Bonchev–Trinajstić information content (AvgIpc) is 2.86. The van der Waals surface area contributed by atoms with E-state index in [9.17, 15) is 0 Å². The third-order valence-electron chi connectivity index (χ3n) is 2.36. The molecule has 2 aromatic heterocycles. The number of H-pyrrole nitrogens is 1. The minimum atomic E-state index is 0.439. The Morgan fingerprint density at radius 3 is 3.20 bits per heavy atom. The van der Waals surface area contributed by atoms with Crippen LogP contribution in [0, 0.1) is 0 Å². The van der Waals surface area contributed by atoms with Crippen LogP contribution in [-0.2, 0) is 13.1 Å². The van der Waals surface area contributed by atoms with Gasteiger partial charge in [-0.05, 0) is 18.6 Å². The highest BCUT2D eigenvalue weighted by Crippen LogP contribution is 1.97. The molecule has 0 saturated heterocycles. The largest absolute Gasteiger partial charge is 0.367 e. The Morgan fingerprint density at radius 2 is 2.53 bits per heavy atom. The first kappa shape index (κ1) is 9.98. The molecular weight excluding hydrogens is 188 g/mol. The maximum atomic E-state index is 4.02. The van der Waals surface area contributed by atoms with Crippen LogP contribution in [0.15, 0.2) is 37.2 Å². The van der Waals surface area contributed by atoms with Gasteiger partial charge in [0.05, 0.1) is 6.33 Å². The fraction of sp³-hybridized carbons (Fsp3) is 0.364. The second kappa shape index (κ2) is 4.79. The molecule has 2 aromatic rings. The van der Waals surface area contributed by atoms with E-state index in [1.54, 1.807) is 6.20 Å². The summed E-state index contributed by atoms with van der Waals surface area (Å²) in [7, 11) is 0. The minimum absolute atomic E-state index is 0.439. The summed E-state index contributed by atoms with van der Waals surface area (Å²) < 4.78 is 2.08. The van der Waals surface area contributed by atoms with E-state index in [0.717, 1.165) is 13.1 Å². The number of hydrogen-bond acceptors (Lipinski definition) is 2. The summed E-state index contributed by atoms with van der Waals surface area (Å²) in [5.41, 5.74) is 1.28. The lowest BCUT2D eigenvalue weighted by Gasteiger charge is -2.13. The normalized spacial score (nSPS) is 12.9. The molecule has 0 spiro atoms. The van der Waals surface area contributed by atoms with Gasteiger partial charge in [0.15, 0.2) is 0 Å². The second-order valence-corrected chi connectivity index (χ2v) is 3.76. The first-order chi connectivity index (χ1) is 7.34. The maximum absolute atomic E-state index is 4.02. The van der Waals surface area contributed by atoms with Gasteiger partial charge in [0.1, 0.15) is 0 Å². The molecule has 2 N–H and O–H groups in total. The van der Waals surface area contributed by atoms with Crippen molar-refractivity contribution in [3.05, 3.63) is 42.7 Å². The zero-order valence-electron chi connectivity index (χ0n) is 8.85. The molecule has 0 aliphatic rings. The summed E-state index contributed by atoms with van der Waals surface area (Å²) >= 11 is 0. The molecule has 1 atom stereocenters. The number of aromatic nitrogens is 3. The predicted molar refractivity (Wildman–Crippen MR) is 59.3 cm³/mol. The van der Waals surface area contributed by atoms with E-state index >= 15 is 0 Å². The van der Waals surface area contributed by atoms with Crippen molar-refractivity contribution in [2.45, 2.75) is 26.1 Å². The molecule has 2 rings (SSSR count). The number of nitrogens with zero attached hydrogens (tertiary/aromatic N) is 2. The summed E-state index contributed by atoms with van der Waals surface area (Å²) in [6.45, 7) is 4.02. The van der Waals surface area contributed by atoms with Crippen LogP contribution < -0.4 is 5.32 Å². The highest BCUT2D eigenvalue weighted by Gasteiger charge is 2.02. The zero-order valence-corrected chi connectivity index (χ0v) is 8.85. The van der Waals surface area contributed by atoms with E-state index in [-0.39, 0.29) is 0 Å². The van der Waals surface area contributed by atoms with Gasteiger partial charge in [0, 0.05) is 43.9 Å². The first-order valence-electron chi connectivity index (χ1n) is 5.15. The van der Waals surface area contributed by atoms with E-state index in [4.69, 9.17) is 0 Å². The molecule has 80 valence electrons. The van der Waals surface area contributed by atoms with Crippen molar-refractivity contribution >= 4 is 0 Å². The first-order valence-corrected chi connectivity index (χ1v) is 5.15. The van der Waals surface area contributed by atoms with Crippen LogP contribution in [0.4, 0.5) is 0 Å². The Hall–Kier alpha value is -1.55. The highest BCUT2D eigenvalue weighted by atomic mass is 15.1. The van der Waals surface area contributed by atoms with Crippen molar-refractivity contribution in [1.29, 1.82) is 0 Å². The Labute approximate surface area is 89.3 Å². The molecule has 4 heteroatoms. The lowest BCUT2D eigenvalue weighted by molar-refractivity contribution is 0.476. The summed E-state index contributed by atoms with van der Waals surface area (Å²) in [5.74, 6) is 0. The molecule has 0 bridgehead atoms. The molecular formula is C11H16N4. The molecule has 2 heterocycles. The van der Waals surface area contributed by atoms with Crippen LogP contribution in [0.5, 0.6) is 0 Å². The van der Waals surface area contributed by atoms with Gasteiger partial charge in [-0.2, -0.15) is 0 Å². The smallest absolute Gasteiger partial charge is 0.0946 e. The van der Waals surface area contributed by atoms with Gasteiger partial charge in [-0.1, -0.05) is 0 Å². The fourth-order valence-electron chi connectivity index (χ4n) is 1.54. The van der Waals surface area contributed by atoms with Gasteiger partial charge in [-0.15, -0.1) is 0 Å². The molecule has 1 unspecified atom stereocenters. The quantitative estimate of drug-likeness (QED) is 0.773. The van der Waals surface area contributed by atoms with Crippen molar-refractivity contribution in [1.82, 2.24) is 19.9 Å². The molecule has 0 saturated carbocycles. The maximum Gasteiger partial charge on any atom is 0.0946 e. The third kappa shape index (κ3) is 2.95. The Bertz CT molecular complexity index is 363. The fourth-order valence-corrected chi connectivity index (χ4v) is 1.54. The van der Waals surface area contributed by atoms with Crippen LogP contribution in [0.1, 0.15) is 12.5 Å². The highest BCUT2D eigenvalue weighted by molar-refractivity contribution is 5.07. The number of aromatic amines is 1. The van der Waals surface area contributed by atoms with E-state index in [0.29, 0.717) is 6.04 Å². The van der Waals surface area contributed by atoms with Crippen LogP contribution in [0.3, 0.4) is 0 Å².